The van der Waals surface area contributed by atoms with Crippen molar-refractivity contribution in [3.8, 4) is 5.75 Å². The lowest BCUT2D eigenvalue weighted by Gasteiger charge is -2.23. The number of rotatable bonds is 7. The molecule has 2 fully saturated rings. The van der Waals surface area contributed by atoms with E-state index in [1.165, 1.54) is 49.8 Å². The molecule has 0 spiro atoms. The molecular weight excluding hydrogens is 258 g/mol. The third-order valence-corrected chi connectivity index (χ3v) is 5.58. The molecule has 21 heavy (non-hydrogen) atoms. The second kappa shape index (κ2) is 5.64. The molecule has 1 unspecified atom stereocenters. The van der Waals surface area contributed by atoms with Crippen LogP contribution in [0.2, 0.25) is 0 Å². The fourth-order valence-electron chi connectivity index (χ4n) is 3.97. The van der Waals surface area contributed by atoms with Crippen molar-refractivity contribution in [2.45, 2.75) is 51.5 Å². The maximum Gasteiger partial charge on any atom is 0.122 e. The van der Waals surface area contributed by atoms with E-state index >= 15 is 0 Å². The standard InChI is InChI=1S/C19H27NO/c1-2-18(15-7-8-19-16(11-15)9-10-21-19)20-12-17(13-3-4-13)14-5-6-14/h7-8,11,13-14,17-18,20H,2-6,9-10,12H2,1H3. The van der Waals surface area contributed by atoms with Crippen LogP contribution in [0.4, 0.5) is 0 Å². The van der Waals surface area contributed by atoms with Gasteiger partial charge in [-0.05, 0) is 73.6 Å². The lowest BCUT2D eigenvalue weighted by Crippen LogP contribution is -2.29. The van der Waals surface area contributed by atoms with Crippen molar-refractivity contribution in [1.82, 2.24) is 5.32 Å². The van der Waals surface area contributed by atoms with Gasteiger partial charge in [-0.25, -0.2) is 0 Å². The van der Waals surface area contributed by atoms with Crippen LogP contribution >= 0.6 is 0 Å². The summed E-state index contributed by atoms with van der Waals surface area (Å²) in [6.07, 6.45) is 8.17. The van der Waals surface area contributed by atoms with Crippen molar-refractivity contribution in [2.75, 3.05) is 13.2 Å². The third kappa shape index (κ3) is 2.96. The largest absolute Gasteiger partial charge is 0.493 e. The van der Waals surface area contributed by atoms with Crippen molar-refractivity contribution in [3.05, 3.63) is 29.3 Å². The van der Waals surface area contributed by atoms with Gasteiger partial charge in [0.05, 0.1) is 6.61 Å². The first-order valence-electron chi connectivity index (χ1n) is 8.84. The molecule has 2 saturated carbocycles. The van der Waals surface area contributed by atoms with Gasteiger partial charge in [-0.3, -0.25) is 0 Å². The monoisotopic (exact) mass is 285 g/mol. The smallest absolute Gasteiger partial charge is 0.122 e. The van der Waals surface area contributed by atoms with Gasteiger partial charge in [0.25, 0.3) is 0 Å². The predicted molar refractivity (Wildman–Crippen MR) is 85.6 cm³/mol. The summed E-state index contributed by atoms with van der Waals surface area (Å²) in [5.41, 5.74) is 2.85. The Bertz CT molecular complexity index is 492. The molecular formula is C19H27NO. The van der Waals surface area contributed by atoms with Crippen molar-refractivity contribution < 1.29 is 4.74 Å². The molecule has 0 aromatic heterocycles. The van der Waals surface area contributed by atoms with Gasteiger partial charge in [-0.15, -0.1) is 0 Å². The van der Waals surface area contributed by atoms with Gasteiger partial charge in [0, 0.05) is 12.5 Å². The second-order valence-corrected chi connectivity index (χ2v) is 7.17. The average molecular weight is 285 g/mol. The fourth-order valence-corrected chi connectivity index (χ4v) is 3.97. The predicted octanol–water partition coefficient (Wildman–Crippen LogP) is 4.10. The van der Waals surface area contributed by atoms with E-state index < -0.39 is 0 Å². The Morgan fingerprint density at radius 3 is 2.62 bits per heavy atom. The summed E-state index contributed by atoms with van der Waals surface area (Å²) in [4.78, 5) is 0. The van der Waals surface area contributed by atoms with E-state index in [9.17, 15) is 0 Å². The number of hydrogen-bond donors (Lipinski definition) is 1. The molecule has 3 aliphatic rings. The Morgan fingerprint density at radius 2 is 1.95 bits per heavy atom. The SMILES string of the molecule is CCC(NCC(C1CC1)C1CC1)c1ccc2c(c1)CCO2. The van der Waals surface area contributed by atoms with Crippen LogP contribution in [0.15, 0.2) is 18.2 Å². The quantitative estimate of drug-likeness (QED) is 0.814. The molecule has 1 aromatic carbocycles. The van der Waals surface area contributed by atoms with E-state index in [-0.39, 0.29) is 0 Å². The number of fused-ring (bicyclic) bond motifs is 1. The highest BCUT2D eigenvalue weighted by molar-refractivity contribution is 5.40. The summed E-state index contributed by atoms with van der Waals surface area (Å²) >= 11 is 0. The minimum atomic E-state index is 0.510. The van der Waals surface area contributed by atoms with Crippen molar-refractivity contribution >= 4 is 0 Å². The summed E-state index contributed by atoms with van der Waals surface area (Å²) in [5.74, 6) is 4.13. The molecule has 1 atom stereocenters. The number of nitrogens with one attached hydrogen (secondary N) is 1. The Labute approximate surface area is 128 Å². The third-order valence-electron chi connectivity index (χ3n) is 5.58. The average Bonchev–Trinajstić information content (AvgIpc) is 3.42. The minimum absolute atomic E-state index is 0.510. The highest BCUT2D eigenvalue weighted by Gasteiger charge is 2.41. The molecule has 0 amide bonds. The lowest BCUT2D eigenvalue weighted by atomic mass is 9.95. The molecule has 0 saturated heterocycles. The number of benzene rings is 1. The van der Waals surface area contributed by atoms with E-state index in [1.807, 2.05) is 0 Å². The van der Waals surface area contributed by atoms with Crippen LogP contribution in [0.25, 0.3) is 0 Å². The molecule has 1 N–H and O–H groups in total. The molecule has 0 bridgehead atoms. The van der Waals surface area contributed by atoms with Crippen LogP contribution in [-0.4, -0.2) is 13.2 Å². The zero-order valence-electron chi connectivity index (χ0n) is 13.1. The first-order chi connectivity index (χ1) is 10.3. The van der Waals surface area contributed by atoms with Crippen molar-refractivity contribution in [2.24, 2.45) is 17.8 Å². The van der Waals surface area contributed by atoms with Crippen molar-refractivity contribution in [3.63, 3.8) is 0 Å². The minimum Gasteiger partial charge on any atom is -0.493 e. The summed E-state index contributed by atoms with van der Waals surface area (Å²) in [6, 6.07) is 7.30. The van der Waals surface area contributed by atoms with Gasteiger partial charge in [0.15, 0.2) is 0 Å². The molecule has 4 rings (SSSR count). The summed E-state index contributed by atoms with van der Waals surface area (Å²) in [6.45, 7) is 4.38. The van der Waals surface area contributed by atoms with E-state index in [0.29, 0.717) is 6.04 Å². The second-order valence-electron chi connectivity index (χ2n) is 7.17. The van der Waals surface area contributed by atoms with Crippen LogP contribution in [-0.2, 0) is 6.42 Å². The first-order valence-corrected chi connectivity index (χ1v) is 8.84. The molecule has 2 heteroatoms. The first kappa shape index (κ1) is 13.6. The zero-order valence-corrected chi connectivity index (χ0v) is 13.1. The van der Waals surface area contributed by atoms with Crippen LogP contribution in [0.5, 0.6) is 5.75 Å². The van der Waals surface area contributed by atoms with E-state index in [1.54, 1.807) is 0 Å². The normalized spacial score (nSPS) is 22.2. The maximum atomic E-state index is 5.62. The molecule has 1 aromatic rings. The van der Waals surface area contributed by atoms with Gasteiger partial charge in [0.1, 0.15) is 5.75 Å². The van der Waals surface area contributed by atoms with E-state index in [0.717, 1.165) is 36.5 Å². The van der Waals surface area contributed by atoms with E-state index in [4.69, 9.17) is 4.74 Å². The Balaban J connectivity index is 1.41. The number of ether oxygens (including phenoxy) is 1. The number of hydrogen-bond acceptors (Lipinski definition) is 2. The van der Waals surface area contributed by atoms with Gasteiger partial charge in [0.2, 0.25) is 0 Å². The molecule has 1 heterocycles. The Kier molecular flexibility index (Phi) is 3.66. The summed E-state index contributed by atoms with van der Waals surface area (Å²) in [7, 11) is 0. The Morgan fingerprint density at radius 1 is 1.19 bits per heavy atom. The van der Waals surface area contributed by atoms with Crippen LogP contribution < -0.4 is 10.1 Å². The molecule has 2 nitrogen and oxygen atoms in total. The van der Waals surface area contributed by atoms with Crippen molar-refractivity contribution in [1.29, 1.82) is 0 Å². The summed E-state index contributed by atoms with van der Waals surface area (Å²) < 4.78 is 5.62. The maximum absolute atomic E-state index is 5.62. The highest BCUT2D eigenvalue weighted by atomic mass is 16.5. The Hall–Kier alpha value is -1.02. The van der Waals surface area contributed by atoms with Crippen LogP contribution in [0.1, 0.15) is 56.2 Å². The zero-order chi connectivity index (χ0) is 14.2. The van der Waals surface area contributed by atoms with Crippen LogP contribution in [0, 0.1) is 17.8 Å². The molecule has 1 aliphatic heterocycles. The highest BCUT2D eigenvalue weighted by Crippen LogP contribution is 2.49. The topological polar surface area (TPSA) is 21.3 Å². The van der Waals surface area contributed by atoms with E-state index in [2.05, 4.69) is 30.4 Å². The van der Waals surface area contributed by atoms with Gasteiger partial charge < -0.3 is 10.1 Å². The van der Waals surface area contributed by atoms with Gasteiger partial charge in [-0.1, -0.05) is 19.1 Å². The van der Waals surface area contributed by atoms with Gasteiger partial charge >= 0.3 is 0 Å². The summed E-state index contributed by atoms with van der Waals surface area (Å²) in [5, 5.41) is 3.88. The lowest BCUT2D eigenvalue weighted by molar-refractivity contribution is 0.352. The van der Waals surface area contributed by atoms with Gasteiger partial charge in [-0.2, -0.15) is 0 Å². The fraction of sp³-hybridized carbons (Fsp3) is 0.684. The molecule has 114 valence electrons. The molecule has 2 aliphatic carbocycles. The molecule has 0 radical (unpaired) electrons. The van der Waals surface area contributed by atoms with Crippen LogP contribution in [0.3, 0.4) is 0 Å².